The van der Waals surface area contributed by atoms with Crippen LogP contribution in [0.5, 0.6) is 0 Å². The van der Waals surface area contributed by atoms with E-state index in [4.69, 9.17) is 5.73 Å². The fourth-order valence-electron chi connectivity index (χ4n) is 2.67. The Morgan fingerprint density at radius 1 is 1.35 bits per heavy atom. The zero-order chi connectivity index (χ0) is 14.2. The number of nitrogens with zero attached hydrogens (tertiary/aromatic N) is 1. The molecule has 1 aliphatic rings. The van der Waals surface area contributed by atoms with Gasteiger partial charge in [0.25, 0.3) is 0 Å². The Morgan fingerprint density at radius 2 is 2.15 bits per heavy atom. The highest BCUT2D eigenvalue weighted by Gasteiger charge is 2.34. The zero-order valence-corrected chi connectivity index (χ0v) is 11.6. The summed E-state index contributed by atoms with van der Waals surface area (Å²) in [7, 11) is 0. The van der Waals surface area contributed by atoms with E-state index in [-0.39, 0.29) is 11.4 Å². The lowest BCUT2D eigenvalue weighted by Crippen LogP contribution is -2.48. The van der Waals surface area contributed by atoms with Gasteiger partial charge in [0.05, 0.1) is 11.2 Å². The fraction of sp³-hybridized carbons (Fsp3) is 0.375. The molecule has 4 heteroatoms. The first-order chi connectivity index (χ1) is 9.56. The number of anilines is 1. The molecule has 0 bridgehead atoms. The van der Waals surface area contributed by atoms with Crippen LogP contribution in [0, 0.1) is 6.92 Å². The van der Waals surface area contributed by atoms with Crippen molar-refractivity contribution in [2.45, 2.75) is 38.1 Å². The number of nitrogens with two attached hydrogens (primary N) is 1. The van der Waals surface area contributed by atoms with Gasteiger partial charge in [-0.3, -0.25) is 9.78 Å². The molecule has 2 aromatic rings. The van der Waals surface area contributed by atoms with Gasteiger partial charge in [-0.15, -0.1) is 0 Å². The molecule has 1 aromatic heterocycles. The van der Waals surface area contributed by atoms with E-state index in [0.29, 0.717) is 6.42 Å². The molecule has 4 nitrogen and oxygen atoms in total. The van der Waals surface area contributed by atoms with Crippen molar-refractivity contribution < 1.29 is 4.79 Å². The van der Waals surface area contributed by atoms with Crippen LogP contribution >= 0.6 is 0 Å². The van der Waals surface area contributed by atoms with Gasteiger partial charge in [-0.05, 0) is 38.3 Å². The molecule has 0 aliphatic heterocycles. The number of carbonyl (C=O) groups is 1. The molecule has 1 aromatic carbocycles. The number of aromatic nitrogens is 1. The van der Waals surface area contributed by atoms with Gasteiger partial charge in [0, 0.05) is 23.0 Å². The van der Waals surface area contributed by atoms with Crippen LogP contribution in [0.2, 0.25) is 0 Å². The number of rotatable bonds is 3. The molecule has 104 valence electrons. The highest BCUT2D eigenvalue weighted by atomic mass is 16.1. The van der Waals surface area contributed by atoms with Crippen LogP contribution in [-0.2, 0) is 4.79 Å². The maximum absolute atomic E-state index is 12.1. The summed E-state index contributed by atoms with van der Waals surface area (Å²) in [6, 6.07) is 9.79. The van der Waals surface area contributed by atoms with Gasteiger partial charge in [0.15, 0.2) is 0 Å². The van der Waals surface area contributed by atoms with E-state index in [1.54, 1.807) is 0 Å². The number of carbonyl (C=O) groups excluding carboxylic acids is 1. The summed E-state index contributed by atoms with van der Waals surface area (Å²) in [5.74, 6) is -0.0250. The first kappa shape index (κ1) is 13.1. The second-order valence-corrected chi connectivity index (χ2v) is 5.77. The highest BCUT2D eigenvalue weighted by molar-refractivity contribution is 6.00. The average Bonchev–Trinajstić information content (AvgIpc) is 2.37. The molecule has 0 spiro atoms. The highest BCUT2D eigenvalue weighted by Crippen LogP contribution is 2.32. The number of hydrogen-bond acceptors (Lipinski definition) is 3. The number of amides is 1. The monoisotopic (exact) mass is 269 g/mol. The lowest BCUT2D eigenvalue weighted by molar-refractivity contribution is -0.118. The van der Waals surface area contributed by atoms with Crippen LogP contribution in [0.15, 0.2) is 30.3 Å². The van der Waals surface area contributed by atoms with E-state index in [0.717, 1.165) is 41.5 Å². The molecular weight excluding hydrogens is 250 g/mol. The normalized spacial score (nSPS) is 16.7. The van der Waals surface area contributed by atoms with Crippen molar-refractivity contribution >= 4 is 22.5 Å². The van der Waals surface area contributed by atoms with Crippen molar-refractivity contribution in [1.29, 1.82) is 0 Å². The topological polar surface area (TPSA) is 68.0 Å². The summed E-state index contributed by atoms with van der Waals surface area (Å²) < 4.78 is 0. The van der Waals surface area contributed by atoms with E-state index in [9.17, 15) is 4.79 Å². The van der Waals surface area contributed by atoms with E-state index < -0.39 is 0 Å². The molecular formula is C16H19N3O. The van der Waals surface area contributed by atoms with E-state index in [1.807, 2.05) is 37.3 Å². The number of benzene rings is 1. The van der Waals surface area contributed by atoms with Crippen molar-refractivity contribution in [3.05, 3.63) is 36.0 Å². The Bertz CT molecular complexity index is 662. The van der Waals surface area contributed by atoms with Crippen LogP contribution in [0.3, 0.4) is 0 Å². The van der Waals surface area contributed by atoms with Gasteiger partial charge >= 0.3 is 0 Å². The van der Waals surface area contributed by atoms with Crippen LogP contribution in [-0.4, -0.2) is 16.4 Å². The van der Waals surface area contributed by atoms with Gasteiger partial charge in [-0.1, -0.05) is 18.2 Å². The van der Waals surface area contributed by atoms with Crippen molar-refractivity contribution in [2.75, 3.05) is 5.32 Å². The Labute approximate surface area is 118 Å². The minimum Gasteiger partial charge on any atom is -0.325 e. The molecule has 1 heterocycles. The molecule has 0 saturated heterocycles. The Kier molecular flexibility index (Phi) is 3.18. The zero-order valence-electron chi connectivity index (χ0n) is 11.6. The number of nitrogens with one attached hydrogen (secondary N) is 1. The van der Waals surface area contributed by atoms with Crippen LogP contribution in [0.1, 0.15) is 31.4 Å². The Morgan fingerprint density at radius 3 is 2.85 bits per heavy atom. The molecule has 0 radical (unpaired) electrons. The van der Waals surface area contributed by atoms with Crippen molar-refractivity contribution in [2.24, 2.45) is 5.73 Å². The lowest BCUT2D eigenvalue weighted by Gasteiger charge is -2.37. The van der Waals surface area contributed by atoms with Gasteiger partial charge < -0.3 is 11.1 Å². The third-order valence-electron chi connectivity index (χ3n) is 4.00. The van der Waals surface area contributed by atoms with Gasteiger partial charge in [-0.25, -0.2) is 0 Å². The van der Waals surface area contributed by atoms with Crippen molar-refractivity contribution in [3.8, 4) is 0 Å². The van der Waals surface area contributed by atoms with Crippen LogP contribution < -0.4 is 11.1 Å². The molecule has 20 heavy (non-hydrogen) atoms. The largest absolute Gasteiger partial charge is 0.325 e. The minimum absolute atomic E-state index is 0.0250. The predicted octanol–water partition coefficient (Wildman–Crippen LogP) is 2.75. The third-order valence-corrected chi connectivity index (χ3v) is 4.00. The summed E-state index contributed by atoms with van der Waals surface area (Å²) in [5, 5.41) is 3.98. The average molecular weight is 269 g/mol. The van der Waals surface area contributed by atoms with Crippen LogP contribution in [0.4, 0.5) is 5.69 Å². The second kappa shape index (κ2) is 4.87. The molecule has 1 fully saturated rings. The lowest BCUT2D eigenvalue weighted by atomic mass is 9.75. The van der Waals surface area contributed by atoms with Crippen molar-refractivity contribution in [3.63, 3.8) is 0 Å². The second-order valence-electron chi connectivity index (χ2n) is 5.77. The summed E-state index contributed by atoms with van der Waals surface area (Å²) >= 11 is 0. The van der Waals surface area contributed by atoms with E-state index in [1.165, 1.54) is 0 Å². The van der Waals surface area contributed by atoms with Crippen molar-refractivity contribution in [1.82, 2.24) is 4.98 Å². The smallest absolute Gasteiger partial charge is 0.226 e. The molecule has 0 atom stereocenters. The summed E-state index contributed by atoms with van der Waals surface area (Å²) in [4.78, 5) is 16.6. The van der Waals surface area contributed by atoms with Gasteiger partial charge in [0.1, 0.15) is 0 Å². The summed E-state index contributed by atoms with van der Waals surface area (Å²) in [5.41, 5.74) is 8.36. The summed E-state index contributed by atoms with van der Waals surface area (Å²) in [6.45, 7) is 1.95. The molecule has 3 N–H and O–H groups in total. The maximum atomic E-state index is 12.1. The maximum Gasteiger partial charge on any atom is 0.226 e. The Balaban J connectivity index is 1.83. The first-order valence-corrected chi connectivity index (χ1v) is 7.01. The number of pyridine rings is 1. The first-order valence-electron chi connectivity index (χ1n) is 7.01. The molecule has 1 aliphatic carbocycles. The number of fused-ring (bicyclic) bond motifs is 1. The predicted molar refractivity (Wildman–Crippen MR) is 80.5 cm³/mol. The van der Waals surface area contributed by atoms with Crippen LogP contribution in [0.25, 0.3) is 10.9 Å². The molecule has 3 rings (SSSR count). The SMILES string of the molecule is Cc1ccc2cccc(NC(=O)CC3(N)CCC3)c2n1. The standard InChI is InChI=1S/C16H19N3O/c1-11-6-7-12-4-2-5-13(15(12)18-11)19-14(20)10-16(17)8-3-9-16/h2,4-7H,3,8-10,17H2,1H3,(H,19,20). The number of aryl methyl sites for hydroxylation is 1. The third kappa shape index (κ3) is 2.51. The number of hydrogen-bond donors (Lipinski definition) is 2. The molecule has 1 saturated carbocycles. The summed E-state index contributed by atoms with van der Waals surface area (Å²) in [6.07, 6.45) is 3.38. The van der Waals surface area contributed by atoms with Gasteiger partial charge in [0.2, 0.25) is 5.91 Å². The van der Waals surface area contributed by atoms with Gasteiger partial charge in [-0.2, -0.15) is 0 Å². The minimum atomic E-state index is -0.294. The van der Waals surface area contributed by atoms with E-state index >= 15 is 0 Å². The number of para-hydroxylation sites is 1. The fourth-order valence-corrected chi connectivity index (χ4v) is 2.67. The van der Waals surface area contributed by atoms with E-state index in [2.05, 4.69) is 10.3 Å². The molecule has 0 unspecified atom stereocenters. The quantitative estimate of drug-likeness (QED) is 0.900. The molecule has 1 amide bonds. The Hall–Kier alpha value is -1.94.